The van der Waals surface area contributed by atoms with Crippen LogP contribution in [0.1, 0.15) is 68.1 Å². The summed E-state index contributed by atoms with van der Waals surface area (Å²) in [5.41, 5.74) is 2.77. The third kappa shape index (κ3) is 3.26. The summed E-state index contributed by atoms with van der Waals surface area (Å²) in [5.74, 6) is -0.901. The van der Waals surface area contributed by atoms with E-state index in [4.69, 9.17) is 4.99 Å². The highest BCUT2D eigenvalue weighted by atomic mass is 32.2. The van der Waals surface area contributed by atoms with E-state index in [-0.39, 0.29) is 10.3 Å². The molecule has 0 unspecified atom stereocenters. The normalized spacial score (nSPS) is 22.4. The number of rotatable bonds is 1. The lowest BCUT2D eigenvalue weighted by molar-refractivity contribution is 0.0974. The molecule has 0 radical (unpaired) electrons. The lowest BCUT2D eigenvalue weighted by Crippen LogP contribution is -2.41. The molecular weight excluding hydrogens is 335 g/mol. The summed E-state index contributed by atoms with van der Waals surface area (Å²) in [6.07, 6.45) is 10.6. The number of fused-ring (bicyclic) bond motifs is 1. The van der Waals surface area contributed by atoms with E-state index in [1.165, 1.54) is 49.1 Å². The average Bonchev–Trinajstić information content (AvgIpc) is 2.63. The number of amidine groups is 1. The highest BCUT2D eigenvalue weighted by molar-refractivity contribution is 8.15. The molecule has 5 heteroatoms. The van der Waals surface area contributed by atoms with Crippen LogP contribution in [0.2, 0.25) is 0 Å². The van der Waals surface area contributed by atoms with Crippen LogP contribution in [0.15, 0.2) is 40.5 Å². The Balaban J connectivity index is 1.62. The monoisotopic (exact) mass is 358 g/mol. The molecule has 2 aliphatic carbocycles. The number of hydrogen-bond donors (Lipinski definition) is 1. The number of aliphatic imine (C=N–C) groups is 1. The quantitative estimate of drug-likeness (QED) is 0.751. The number of thioether (sulfide) groups is 1. The van der Waals surface area contributed by atoms with E-state index in [0.717, 1.165) is 32.1 Å². The van der Waals surface area contributed by atoms with Gasteiger partial charge in [-0.15, -0.1) is 0 Å². The van der Waals surface area contributed by atoms with Crippen LogP contribution in [0.3, 0.4) is 0 Å². The summed E-state index contributed by atoms with van der Waals surface area (Å²) in [5, 5.41) is 3.53. The van der Waals surface area contributed by atoms with Gasteiger partial charge in [-0.1, -0.05) is 43.2 Å². The van der Waals surface area contributed by atoms with E-state index < -0.39 is 11.7 Å². The smallest absolute Gasteiger partial charge is 0.260 e. The Labute approximate surface area is 152 Å². The van der Waals surface area contributed by atoms with Crippen LogP contribution in [0.4, 0.5) is 4.39 Å². The Hall–Kier alpha value is -1.62. The topological polar surface area (TPSA) is 41.5 Å². The van der Waals surface area contributed by atoms with E-state index in [9.17, 15) is 9.18 Å². The Kier molecular flexibility index (Phi) is 4.67. The molecule has 1 aromatic carbocycles. The van der Waals surface area contributed by atoms with Gasteiger partial charge in [0.15, 0.2) is 5.17 Å². The lowest BCUT2D eigenvalue weighted by atomic mass is 9.77. The maximum absolute atomic E-state index is 13.9. The summed E-state index contributed by atoms with van der Waals surface area (Å²) in [6, 6.07) is 6.10. The van der Waals surface area contributed by atoms with Gasteiger partial charge >= 0.3 is 0 Å². The van der Waals surface area contributed by atoms with E-state index >= 15 is 0 Å². The van der Waals surface area contributed by atoms with Crippen molar-refractivity contribution in [3.63, 3.8) is 0 Å². The molecular formula is C20H23FN2OS. The minimum atomic E-state index is -0.494. The van der Waals surface area contributed by atoms with Gasteiger partial charge in [0.2, 0.25) is 0 Å². The van der Waals surface area contributed by atoms with Gasteiger partial charge in [-0.25, -0.2) is 9.38 Å². The van der Waals surface area contributed by atoms with Crippen molar-refractivity contribution in [3.8, 4) is 0 Å². The molecule has 4 rings (SSSR count). The SMILES string of the molecule is O=C(NC1=NC2=C(CCCC2)C2(CCCCC2)S1)c1ccccc1F. The number of carbonyl (C=O) groups excluding carboxylic acids is 1. The molecule has 0 bridgehead atoms. The standard InChI is InChI=1S/C20H23FN2OS/c21-16-10-4-2-8-14(16)18(24)23-19-22-17-11-5-3-9-15(17)20(25-19)12-6-1-7-13-20/h2,4,8,10H,1,3,5-7,9,11-13H2,(H,22,23,24). The number of nitrogens with one attached hydrogen (secondary N) is 1. The third-order valence-electron chi connectivity index (χ3n) is 5.52. The summed E-state index contributed by atoms with van der Waals surface area (Å²) in [6.45, 7) is 0. The van der Waals surface area contributed by atoms with Gasteiger partial charge in [-0.2, -0.15) is 0 Å². The summed E-state index contributed by atoms with van der Waals surface area (Å²) in [7, 11) is 0. The minimum absolute atomic E-state index is 0.0758. The molecule has 1 spiro atoms. The van der Waals surface area contributed by atoms with E-state index in [0.29, 0.717) is 5.17 Å². The summed E-state index contributed by atoms with van der Waals surface area (Å²) < 4.78 is 14.0. The Morgan fingerprint density at radius 2 is 1.84 bits per heavy atom. The van der Waals surface area contributed by atoms with Gasteiger partial charge in [0.25, 0.3) is 5.91 Å². The van der Waals surface area contributed by atoms with Crippen LogP contribution in [0, 0.1) is 5.82 Å². The van der Waals surface area contributed by atoms with Crippen molar-refractivity contribution in [2.24, 2.45) is 4.99 Å². The molecule has 25 heavy (non-hydrogen) atoms. The zero-order chi connectivity index (χ0) is 17.3. The number of amides is 1. The van der Waals surface area contributed by atoms with Gasteiger partial charge in [-0.3, -0.25) is 4.79 Å². The van der Waals surface area contributed by atoms with Crippen LogP contribution < -0.4 is 5.32 Å². The predicted octanol–water partition coefficient (Wildman–Crippen LogP) is 5.19. The lowest BCUT2D eigenvalue weighted by Gasteiger charge is -2.43. The molecule has 0 saturated heterocycles. The van der Waals surface area contributed by atoms with Crippen molar-refractivity contribution < 1.29 is 9.18 Å². The van der Waals surface area contributed by atoms with Gasteiger partial charge in [0, 0.05) is 10.4 Å². The maximum atomic E-state index is 13.9. The predicted molar refractivity (Wildman–Crippen MR) is 100 cm³/mol. The molecule has 1 amide bonds. The van der Waals surface area contributed by atoms with E-state index in [1.54, 1.807) is 23.9 Å². The fourth-order valence-corrected chi connectivity index (χ4v) is 5.79. The van der Waals surface area contributed by atoms with Gasteiger partial charge in [-0.05, 0) is 56.2 Å². The van der Waals surface area contributed by atoms with Gasteiger partial charge in [0.05, 0.1) is 5.56 Å². The maximum Gasteiger partial charge on any atom is 0.260 e. The van der Waals surface area contributed by atoms with Crippen LogP contribution in [-0.4, -0.2) is 15.8 Å². The first kappa shape index (κ1) is 16.8. The Morgan fingerprint density at radius 1 is 1.08 bits per heavy atom. The van der Waals surface area contributed by atoms with E-state index in [1.807, 2.05) is 0 Å². The Morgan fingerprint density at radius 3 is 2.64 bits per heavy atom. The van der Waals surface area contributed by atoms with Crippen molar-refractivity contribution in [2.45, 2.75) is 62.5 Å². The Bertz CT molecular complexity index is 750. The first-order valence-corrected chi connectivity index (χ1v) is 10.1. The fourth-order valence-electron chi connectivity index (χ4n) is 4.29. The number of allylic oxidation sites excluding steroid dienone is 1. The zero-order valence-corrected chi connectivity index (χ0v) is 15.1. The molecule has 1 N–H and O–H groups in total. The average molecular weight is 358 g/mol. The van der Waals surface area contributed by atoms with E-state index in [2.05, 4.69) is 5.32 Å². The zero-order valence-electron chi connectivity index (χ0n) is 14.3. The van der Waals surface area contributed by atoms with Crippen molar-refractivity contribution >= 4 is 22.8 Å². The van der Waals surface area contributed by atoms with Crippen LogP contribution >= 0.6 is 11.8 Å². The van der Waals surface area contributed by atoms with Crippen LogP contribution in [-0.2, 0) is 0 Å². The van der Waals surface area contributed by atoms with Crippen molar-refractivity contribution in [1.82, 2.24) is 5.32 Å². The molecule has 0 aromatic heterocycles. The molecule has 3 nitrogen and oxygen atoms in total. The minimum Gasteiger partial charge on any atom is -0.301 e. The second kappa shape index (κ2) is 6.94. The van der Waals surface area contributed by atoms with Crippen molar-refractivity contribution in [3.05, 3.63) is 46.9 Å². The van der Waals surface area contributed by atoms with Crippen LogP contribution in [0.25, 0.3) is 0 Å². The van der Waals surface area contributed by atoms with Crippen LogP contribution in [0.5, 0.6) is 0 Å². The van der Waals surface area contributed by atoms with Gasteiger partial charge in [0.1, 0.15) is 5.82 Å². The highest BCUT2D eigenvalue weighted by Crippen LogP contribution is 2.52. The van der Waals surface area contributed by atoms with Gasteiger partial charge < -0.3 is 5.32 Å². The summed E-state index contributed by atoms with van der Waals surface area (Å²) in [4.78, 5) is 17.3. The highest BCUT2D eigenvalue weighted by Gasteiger charge is 2.42. The molecule has 1 aromatic rings. The largest absolute Gasteiger partial charge is 0.301 e. The number of benzene rings is 1. The van der Waals surface area contributed by atoms with Crippen molar-refractivity contribution in [1.29, 1.82) is 0 Å². The third-order valence-corrected chi connectivity index (χ3v) is 6.95. The molecule has 132 valence electrons. The first-order chi connectivity index (χ1) is 12.2. The summed E-state index contributed by atoms with van der Waals surface area (Å²) >= 11 is 1.71. The molecule has 1 fully saturated rings. The fraction of sp³-hybridized carbons (Fsp3) is 0.500. The molecule has 1 heterocycles. The molecule has 3 aliphatic rings. The number of nitrogens with zero attached hydrogens (tertiary/aromatic N) is 1. The first-order valence-electron chi connectivity index (χ1n) is 9.24. The molecule has 1 saturated carbocycles. The molecule has 0 atom stereocenters. The molecule has 1 aliphatic heterocycles. The number of hydrogen-bond acceptors (Lipinski definition) is 3. The second-order valence-electron chi connectivity index (χ2n) is 7.14. The number of halogens is 1. The van der Waals surface area contributed by atoms with Crippen molar-refractivity contribution in [2.75, 3.05) is 0 Å². The second-order valence-corrected chi connectivity index (χ2v) is 8.51. The number of carbonyl (C=O) groups is 1.